The van der Waals surface area contributed by atoms with E-state index >= 15 is 0 Å². The van der Waals surface area contributed by atoms with Crippen molar-refractivity contribution in [2.75, 3.05) is 5.73 Å². The van der Waals surface area contributed by atoms with E-state index in [0.29, 0.717) is 5.88 Å². The molecule has 1 aromatic carbocycles. The lowest BCUT2D eigenvalue weighted by molar-refractivity contribution is 0.439. The Kier molecular flexibility index (Phi) is 2.74. The van der Waals surface area contributed by atoms with Crippen molar-refractivity contribution in [2.24, 2.45) is 0 Å². The van der Waals surface area contributed by atoms with Gasteiger partial charge in [-0.1, -0.05) is 23.4 Å². The molecule has 0 unspecified atom stereocenters. The van der Waals surface area contributed by atoms with Crippen LogP contribution in [0.25, 0.3) is 22.4 Å². The van der Waals surface area contributed by atoms with Gasteiger partial charge in [-0.25, -0.2) is 0 Å². The van der Waals surface area contributed by atoms with Crippen molar-refractivity contribution in [3.05, 3.63) is 53.9 Å². The number of fused-ring (bicyclic) bond motifs is 1. The van der Waals surface area contributed by atoms with Crippen LogP contribution in [0.4, 0.5) is 5.88 Å². The molecule has 0 aliphatic heterocycles. The van der Waals surface area contributed by atoms with Crippen LogP contribution in [0, 0.1) is 0 Å². The van der Waals surface area contributed by atoms with Gasteiger partial charge in [-0.15, -0.1) is 0 Å². The summed E-state index contributed by atoms with van der Waals surface area (Å²) in [5.41, 5.74) is 12.4. The molecule has 4 rings (SSSR count). The summed E-state index contributed by atoms with van der Waals surface area (Å²) >= 11 is 0. The zero-order chi connectivity index (χ0) is 14.2. The van der Waals surface area contributed by atoms with Crippen molar-refractivity contribution in [1.29, 1.82) is 0 Å². The number of hydrogen-bond acceptors (Lipinski definition) is 4. The highest BCUT2D eigenvalue weighted by Crippen LogP contribution is 2.37. The summed E-state index contributed by atoms with van der Waals surface area (Å²) in [6.07, 6.45) is 7.06. The van der Waals surface area contributed by atoms with Crippen molar-refractivity contribution in [3.8, 4) is 22.4 Å². The van der Waals surface area contributed by atoms with Crippen molar-refractivity contribution in [1.82, 2.24) is 10.1 Å². The molecular formula is C17H15N3O. The number of nitrogens with two attached hydrogens (primary N) is 1. The topological polar surface area (TPSA) is 64.9 Å². The second-order valence-corrected chi connectivity index (χ2v) is 5.35. The largest absolute Gasteiger partial charge is 0.367 e. The number of hydrogen-bond donors (Lipinski definition) is 1. The van der Waals surface area contributed by atoms with E-state index in [2.05, 4.69) is 28.3 Å². The normalized spacial score (nSPS) is 13.3. The van der Waals surface area contributed by atoms with Crippen LogP contribution in [0.5, 0.6) is 0 Å². The fourth-order valence-electron chi connectivity index (χ4n) is 3.01. The first kappa shape index (κ1) is 12.1. The second-order valence-electron chi connectivity index (χ2n) is 5.35. The lowest BCUT2D eigenvalue weighted by Gasteiger charge is -2.05. The number of benzene rings is 1. The fraction of sp³-hybridized carbons (Fsp3) is 0.176. The van der Waals surface area contributed by atoms with E-state index in [-0.39, 0.29) is 0 Å². The Hall–Kier alpha value is -2.62. The quantitative estimate of drug-likeness (QED) is 0.779. The van der Waals surface area contributed by atoms with Gasteiger partial charge in [-0.3, -0.25) is 4.98 Å². The molecule has 4 heteroatoms. The van der Waals surface area contributed by atoms with Crippen LogP contribution in [-0.4, -0.2) is 10.1 Å². The third-order valence-electron chi connectivity index (χ3n) is 4.04. The van der Waals surface area contributed by atoms with Crippen LogP contribution in [0.2, 0.25) is 0 Å². The van der Waals surface area contributed by atoms with Crippen molar-refractivity contribution in [2.45, 2.75) is 19.3 Å². The highest BCUT2D eigenvalue weighted by atomic mass is 16.5. The Morgan fingerprint density at radius 3 is 2.81 bits per heavy atom. The van der Waals surface area contributed by atoms with E-state index in [1.165, 1.54) is 24.0 Å². The number of anilines is 1. The van der Waals surface area contributed by atoms with Gasteiger partial charge < -0.3 is 10.3 Å². The lowest BCUT2D eigenvalue weighted by Crippen LogP contribution is -1.90. The summed E-state index contributed by atoms with van der Waals surface area (Å²) in [4.78, 5) is 4.15. The van der Waals surface area contributed by atoms with Crippen LogP contribution in [0.15, 0.2) is 47.2 Å². The van der Waals surface area contributed by atoms with Gasteiger partial charge >= 0.3 is 0 Å². The predicted octanol–water partition coefficient (Wildman–Crippen LogP) is 3.47. The summed E-state index contributed by atoms with van der Waals surface area (Å²) in [5, 5.41) is 4.16. The number of aryl methyl sites for hydroxylation is 2. The molecular weight excluding hydrogens is 262 g/mol. The van der Waals surface area contributed by atoms with Gasteiger partial charge in [-0.05, 0) is 42.5 Å². The number of rotatable bonds is 2. The molecule has 0 spiro atoms. The van der Waals surface area contributed by atoms with Crippen molar-refractivity contribution in [3.63, 3.8) is 0 Å². The Bertz CT molecular complexity index is 793. The summed E-state index contributed by atoms with van der Waals surface area (Å²) in [7, 11) is 0. The Morgan fingerprint density at radius 1 is 1.05 bits per heavy atom. The van der Waals surface area contributed by atoms with Gasteiger partial charge in [0.25, 0.3) is 0 Å². The van der Waals surface area contributed by atoms with Crippen LogP contribution >= 0.6 is 0 Å². The molecule has 0 atom stereocenters. The molecule has 0 amide bonds. The van der Waals surface area contributed by atoms with Gasteiger partial charge in [0.2, 0.25) is 5.88 Å². The summed E-state index contributed by atoms with van der Waals surface area (Å²) in [6.45, 7) is 0. The van der Waals surface area contributed by atoms with Crippen LogP contribution < -0.4 is 5.73 Å². The number of nitrogen functional groups attached to an aromatic ring is 1. The minimum Gasteiger partial charge on any atom is -0.367 e. The number of aromatic nitrogens is 2. The third kappa shape index (κ3) is 2.00. The molecule has 104 valence electrons. The maximum Gasteiger partial charge on any atom is 0.230 e. The third-order valence-corrected chi connectivity index (χ3v) is 4.04. The molecule has 2 heterocycles. The standard InChI is InChI=1S/C17H15N3O/c18-17-15(14-5-2-8-19-10-14)16(20-21-17)13-7-6-11-3-1-4-12(11)9-13/h2,5-10H,1,3-4,18H2. The molecule has 3 aromatic rings. The molecule has 21 heavy (non-hydrogen) atoms. The SMILES string of the molecule is Nc1onc(-c2ccc3c(c2)CCC3)c1-c1cccnc1. The molecule has 1 aliphatic rings. The Balaban J connectivity index is 1.87. The summed E-state index contributed by atoms with van der Waals surface area (Å²) < 4.78 is 5.22. The average molecular weight is 277 g/mol. The summed E-state index contributed by atoms with van der Waals surface area (Å²) in [6, 6.07) is 10.3. The monoisotopic (exact) mass is 277 g/mol. The van der Waals surface area contributed by atoms with E-state index in [0.717, 1.165) is 28.8 Å². The van der Waals surface area contributed by atoms with E-state index < -0.39 is 0 Å². The van der Waals surface area contributed by atoms with Gasteiger partial charge in [-0.2, -0.15) is 0 Å². The van der Waals surface area contributed by atoms with Crippen molar-refractivity contribution < 1.29 is 4.52 Å². The smallest absolute Gasteiger partial charge is 0.230 e. The maximum absolute atomic E-state index is 5.97. The number of pyridine rings is 1. The van der Waals surface area contributed by atoms with E-state index in [1.54, 1.807) is 12.4 Å². The molecule has 2 aromatic heterocycles. The highest BCUT2D eigenvalue weighted by Gasteiger charge is 2.19. The average Bonchev–Trinajstić information content (AvgIpc) is 3.13. The van der Waals surface area contributed by atoms with Gasteiger partial charge in [0, 0.05) is 23.5 Å². The van der Waals surface area contributed by atoms with E-state index in [1.807, 2.05) is 12.1 Å². The molecule has 1 aliphatic carbocycles. The Labute approximate surface area is 122 Å². The molecule has 0 saturated heterocycles. The first-order valence-electron chi connectivity index (χ1n) is 7.10. The second kappa shape index (κ2) is 4.74. The minimum absolute atomic E-state index is 0.332. The molecule has 2 N–H and O–H groups in total. The molecule has 4 nitrogen and oxygen atoms in total. The van der Waals surface area contributed by atoms with E-state index in [4.69, 9.17) is 10.3 Å². The first-order chi connectivity index (χ1) is 10.3. The minimum atomic E-state index is 0.332. The van der Waals surface area contributed by atoms with Crippen LogP contribution in [0.3, 0.4) is 0 Å². The molecule has 0 fully saturated rings. The lowest BCUT2D eigenvalue weighted by atomic mass is 9.99. The first-order valence-corrected chi connectivity index (χ1v) is 7.10. The van der Waals surface area contributed by atoms with Crippen LogP contribution in [-0.2, 0) is 12.8 Å². The predicted molar refractivity (Wildman–Crippen MR) is 81.6 cm³/mol. The highest BCUT2D eigenvalue weighted by molar-refractivity contribution is 5.86. The molecule has 0 radical (unpaired) electrons. The number of nitrogens with zero attached hydrogens (tertiary/aromatic N) is 2. The Morgan fingerprint density at radius 2 is 1.95 bits per heavy atom. The van der Waals surface area contributed by atoms with E-state index in [9.17, 15) is 0 Å². The molecule has 0 saturated carbocycles. The molecule has 0 bridgehead atoms. The zero-order valence-electron chi connectivity index (χ0n) is 11.5. The van der Waals surface area contributed by atoms with Gasteiger partial charge in [0.1, 0.15) is 5.69 Å². The fourth-order valence-corrected chi connectivity index (χ4v) is 3.01. The maximum atomic E-state index is 5.97. The zero-order valence-corrected chi connectivity index (χ0v) is 11.5. The van der Waals surface area contributed by atoms with Crippen LogP contribution in [0.1, 0.15) is 17.5 Å². The van der Waals surface area contributed by atoms with Gasteiger partial charge in [0.05, 0.1) is 5.56 Å². The van der Waals surface area contributed by atoms with Crippen molar-refractivity contribution >= 4 is 5.88 Å². The van der Waals surface area contributed by atoms with Gasteiger partial charge in [0.15, 0.2) is 0 Å². The summed E-state index contributed by atoms with van der Waals surface area (Å²) in [5.74, 6) is 0.332.